The van der Waals surface area contributed by atoms with Crippen molar-refractivity contribution < 1.29 is 19.1 Å². The average Bonchev–Trinajstić information content (AvgIpc) is 2.77. The minimum Gasteiger partial charge on any atom is -0.452 e. The van der Waals surface area contributed by atoms with Crippen LogP contribution in [0.1, 0.15) is 42.5 Å². The van der Waals surface area contributed by atoms with Crippen LogP contribution < -0.4 is 10.6 Å². The highest BCUT2D eigenvalue weighted by Crippen LogP contribution is 2.33. The number of morpholine rings is 1. The predicted molar refractivity (Wildman–Crippen MR) is 107 cm³/mol. The molecule has 1 aliphatic carbocycles. The number of carbonyl (C=O) groups excluding carboxylic acids is 2. The quantitative estimate of drug-likeness (QED) is 0.695. The molecule has 2 aliphatic rings. The van der Waals surface area contributed by atoms with Crippen LogP contribution in [0.15, 0.2) is 24.3 Å². The van der Waals surface area contributed by atoms with Gasteiger partial charge in [-0.1, -0.05) is 31.4 Å². The van der Waals surface area contributed by atoms with Crippen molar-refractivity contribution in [2.45, 2.75) is 37.6 Å². The lowest BCUT2D eigenvalue weighted by Crippen LogP contribution is -2.59. The predicted octanol–water partition coefficient (Wildman–Crippen LogP) is 2.04. The van der Waals surface area contributed by atoms with Gasteiger partial charge in [0.25, 0.3) is 5.91 Å². The van der Waals surface area contributed by atoms with Gasteiger partial charge in [-0.05, 0) is 25.0 Å². The Morgan fingerprint density at radius 3 is 2.57 bits per heavy atom. The molecule has 28 heavy (non-hydrogen) atoms. The van der Waals surface area contributed by atoms with Crippen LogP contribution in [0.4, 0.5) is 5.69 Å². The summed E-state index contributed by atoms with van der Waals surface area (Å²) in [4.78, 5) is 27.1. The second kappa shape index (κ2) is 9.89. The third kappa shape index (κ3) is 5.02. The Labute approximate surface area is 166 Å². The van der Waals surface area contributed by atoms with Gasteiger partial charge in [0.1, 0.15) is 0 Å². The zero-order valence-corrected chi connectivity index (χ0v) is 16.7. The maximum absolute atomic E-state index is 12.4. The maximum atomic E-state index is 12.4. The van der Waals surface area contributed by atoms with Gasteiger partial charge in [-0.2, -0.15) is 0 Å². The standard InChI is InChI=1S/C21H31N3O4/c1-22-18-8-4-3-7-17(18)20(26)28-15-19(25)23-16-21(9-5-2-6-10-21)24-11-13-27-14-12-24/h3-4,7-8,22H,2,5-6,9-16H2,1H3,(H,23,25). The van der Waals surface area contributed by atoms with Crippen molar-refractivity contribution in [3.05, 3.63) is 29.8 Å². The van der Waals surface area contributed by atoms with E-state index < -0.39 is 5.97 Å². The van der Waals surface area contributed by atoms with Gasteiger partial charge < -0.3 is 20.1 Å². The van der Waals surface area contributed by atoms with Gasteiger partial charge in [-0.25, -0.2) is 4.79 Å². The number of esters is 1. The van der Waals surface area contributed by atoms with E-state index in [0.717, 1.165) is 39.1 Å². The lowest BCUT2D eigenvalue weighted by atomic mass is 9.79. The van der Waals surface area contributed by atoms with Gasteiger partial charge in [0.15, 0.2) is 6.61 Å². The monoisotopic (exact) mass is 389 g/mol. The maximum Gasteiger partial charge on any atom is 0.340 e. The van der Waals surface area contributed by atoms with Crippen LogP contribution >= 0.6 is 0 Å². The SMILES string of the molecule is CNc1ccccc1C(=O)OCC(=O)NCC1(N2CCOCC2)CCCCC1. The van der Waals surface area contributed by atoms with E-state index in [4.69, 9.17) is 9.47 Å². The van der Waals surface area contributed by atoms with E-state index in [0.29, 0.717) is 17.8 Å². The lowest BCUT2D eigenvalue weighted by molar-refractivity contribution is -0.125. The molecule has 0 spiro atoms. The summed E-state index contributed by atoms with van der Waals surface area (Å²) < 4.78 is 10.7. The molecule has 1 aliphatic heterocycles. The van der Waals surface area contributed by atoms with Gasteiger partial charge in [-0.3, -0.25) is 9.69 Å². The van der Waals surface area contributed by atoms with Crippen LogP contribution in [-0.2, 0) is 14.3 Å². The van der Waals surface area contributed by atoms with Crippen molar-refractivity contribution in [3.63, 3.8) is 0 Å². The Morgan fingerprint density at radius 2 is 1.86 bits per heavy atom. The van der Waals surface area contributed by atoms with Crippen molar-refractivity contribution in [1.29, 1.82) is 0 Å². The second-order valence-corrected chi connectivity index (χ2v) is 7.53. The number of para-hydroxylation sites is 1. The summed E-state index contributed by atoms with van der Waals surface area (Å²) in [5.74, 6) is -0.755. The van der Waals surface area contributed by atoms with E-state index in [-0.39, 0.29) is 18.1 Å². The highest BCUT2D eigenvalue weighted by molar-refractivity contribution is 5.96. The largest absolute Gasteiger partial charge is 0.452 e. The molecule has 7 heteroatoms. The number of anilines is 1. The molecule has 1 aromatic carbocycles. The molecule has 1 saturated carbocycles. The Hall–Kier alpha value is -2.12. The minimum atomic E-state index is -0.499. The first kappa shape index (κ1) is 20.6. The van der Waals surface area contributed by atoms with Gasteiger partial charge >= 0.3 is 5.97 Å². The number of nitrogens with zero attached hydrogens (tertiary/aromatic N) is 1. The molecule has 2 fully saturated rings. The van der Waals surface area contributed by atoms with Crippen LogP contribution in [0.3, 0.4) is 0 Å². The number of ether oxygens (including phenoxy) is 2. The van der Waals surface area contributed by atoms with Crippen molar-refractivity contribution in [2.24, 2.45) is 0 Å². The van der Waals surface area contributed by atoms with E-state index in [9.17, 15) is 9.59 Å². The number of amides is 1. The van der Waals surface area contributed by atoms with E-state index in [1.807, 2.05) is 6.07 Å². The third-order valence-electron chi connectivity index (χ3n) is 5.83. The average molecular weight is 389 g/mol. The van der Waals surface area contributed by atoms with E-state index in [1.54, 1.807) is 25.2 Å². The smallest absolute Gasteiger partial charge is 0.340 e. The highest BCUT2D eigenvalue weighted by atomic mass is 16.5. The lowest BCUT2D eigenvalue weighted by Gasteiger charge is -2.48. The summed E-state index contributed by atoms with van der Waals surface area (Å²) in [6.45, 7) is 3.64. The molecule has 7 nitrogen and oxygen atoms in total. The van der Waals surface area contributed by atoms with Crippen LogP contribution in [0.25, 0.3) is 0 Å². The minimum absolute atomic E-state index is 0.000426. The zero-order chi connectivity index (χ0) is 19.8. The number of hydrogen-bond acceptors (Lipinski definition) is 6. The first-order valence-corrected chi connectivity index (χ1v) is 10.2. The van der Waals surface area contributed by atoms with Crippen molar-refractivity contribution >= 4 is 17.6 Å². The molecule has 0 bridgehead atoms. The molecule has 154 valence electrons. The molecule has 0 atom stereocenters. The Kier molecular flexibility index (Phi) is 7.28. The van der Waals surface area contributed by atoms with Crippen LogP contribution in [0.5, 0.6) is 0 Å². The first-order valence-electron chi connectivity index (χ1n) is 10.2. The molecule has 1 amide bonds. The fourth-order valence-corrected chi connectivity index (χ4v) is 4.25. The van der Waals surface area contributed by atoms with E-state index in [1.165, 1.54) is 19.3 Å². The highest BCUT2D eigenvalue weighted by Gasteiger charge is 2.38. The molecule has 2 N–H and O–H groups in total. The summed E-state index contributed by atoms with van der Waals surface area (Å²) >= 11 is 0. The van der Waals surface area contributed by atoms with E-state index >= 15 is 0 Å². The second-order valence-electron chi connectivity index (χ2n) is 7.53. The summed E-state index contributed by atoms with van der Waals surface area (Å²) in [6, 6.07) is 7.09. The van der Waals surface area contributed by atoms with E-state index in [2.05, 4.69) is 15.5 Å². The molecule has 3 rings (SSSR count). The third-order valence-corrected chi connectivity index (χ3v) is 5.83. The fraction of sp³-hybridized carbons (Fsp3) is 0.619. The first-order chi connectivity index (χ1) is 13.6. The van der Waals surface area contributed by atoms with Gasteiger partial charge in [0, 0.05) is 37.9 Å². The topological polar surface area (TPSA) is 79.9 Å². The number of carbonyl (C=O) groups is 2. The van der Waals surface area contributed by atoms with Crippen molar-refractivity contribution in [3.8, 4) is 0 Å². The Morgan fingerprint density at radius 1 is 1.14 bits per heavy atom. The van der Waals surface area contributed by atoms with Crippen LogP contribution in [-0.4, -0.2) is 68.8 Å². The van der Waals surface area contributed by atoms with Crippen molar-refractivity contribution in [2.75, 3.05) is 51.8 Å². The number of nitrogens with one attached hydrogen (secondary N) is 2. The number of benzene rings is 1. The molecular formula is C21H31N3O4. The Bertz CT molecular complexity index is 667. The zero-order valence-electron chi connectivity index (χ0n) is 16.7. The summed E-state index contributed by atoms with van der Waals surface area (Å²) in [7, 11) is 1.74. The number of rotatable bonds is 7. The Balaban J connectivity index is 1.52. The molecule has 1 aromatic rings. The van der Waals surface area contributed by atoms with Crippen LogP contribution in [0, 0.1) is 0 Å². The van der Waals surface area contributed by atoms with Gasteiger partial charge in [0.05, 0.1) is 18.8 Å². The van der Waals surface area contributed by atoms with Crippen molar-refractivity contribution in [1.82, 2.24) is 10.2 Å². The molecule has 1 heterocycles. The molecule has 0 radical (unpaired) electrons. The summed E-state index contributed by atoms with van der Waals surface area (Å²) in [6.07, 6.45) is 5.79. The number of hydrogen-bond donors (Lipinski definition) is 2. The summed E-state index contributed by atoms with van der Waals surface area (Å²) in [5.41, 5.74) is 1.11. The fourth-order valence-electron chi connectivity index (χ4n) is 4.25. The molecule has 0 unspecified atom stereocenters. The van der Waals surface area contributed by atoms with Gasteiger partial charge in [0.2, 0.25) is 0 Å². The summed E-state index contributed by atoms with van der Waals surface area (Å²) in [5, 5.41) is 5.97. The molecule has 0 aromatic heterocycles. The normalized spacial score (nSPS) is 19.6. The van der Waals surface area contributed by atoms with Crippen LogP contribution in [0.2, 0.25) is 0 Å². The molecule has 1 saturated heterocycles. The van der Waals surface area contributed by atoms with Gasteiger partial charge in [-0.15, -0.1) is 0 Å². The molecular weight excluding hydrogens is 358 g/mol.